The molecule has 2 atom stereocenters. The number of aliphatic hydroxyl groups is 2. The number of hydrogen-bond acceptors (Lipinski definition) is 5. The van der Waals surface area contributed by atoms with Gasteiger partial charge in [-0.15, -0.1) is 0 Å². The second kappa shape index (κ2) is 9.36. The van der Waals surface area contributed by atoms with E-state index in [0.29, 0.717) is 19.8 Å². The number of ether oxygens (including phenoxy) is 3. The van der Waals surface area contributed by atoms with E-state index in [4.69, 9.17) is 19.3 Å². The van der Waals surface area contributed by atoms with Gasteiger partial charge in [-0.3, -0.25) is 0 Å². The predicted molar refractivity (Wildman–Crippen MR) is 51.2 cm³/mol. The van der Waals surface area contributed by atoms with Crippen molar-refractivity contribution in [3.05, 3.63) is 0 Å². The van der Waals surface area contributed by atoms with Gasteiger partial charge in [0, 0.05) is 13.7 Å². The molecule has 0 saturated heterocycles. The highest BCUT2D eigenvalue weighted by Gasteiger charge is 2.18. The fourth-order valence-corrected chi connectivity index (χ4v) is 0.953. The Morgan fingerprint density at radius 3 is 2.50 bits per heavy atom. The Morgan fingerprint density at radius 1 is 1.29 bits per heavy atom. The Kier molecular flexibility index (Phi) is 9.23. The van der Waals surface area contributed by atoms with Crippen molar-refractivity contribution >= 4 is 0 Å². The lowest BCUT2D eigenvalue weighted by molar-refractivity contribution is -0.0905. The fraction of sp³-hybridized carbons (Fsp3) is 1.00. The number of rotatable bonds is 9. The maximum atomic E-state index is 9.49. The Bertz CT molecular complexity index is 120. The molecule has 0 fully saturated rings. The summed E-state index contributed by atoms with van der Waals surface area (Å²) in [6.45, 7) is 3.13. The van der Waals surface area contributed by atoms with E-state index in [-0.39, 0.29) is 13.2 Å². The molecule has 0 rings (SSSR count). The molecule has 2 N–H and O–H groups in total. The van der Waals surface area contributed by atoms with E-state index in [1.165, 1.54) is 0 Å². The van der Waals surface area contributed by atoms with Crippen LogP contribution in [0.1, 0.15) is 6.92 Å². The first kappa shape index (κ1) is 13.8. The maximum Gasteiger partial charge on any atom is 0.109 e. The molecular weight excluding hydrogens is 188 g/mol. The van der Waals surface area contributed by atoms with E-state index in [9.17, 15) is 5.11 Å². The third-order valence-electron chi connectivity index (χ3n) is 1.71. The van der Waals surface area contributed by atoms with Gasteiger partial charge in [0.25, 0.3) is 0 Å². The maximum absolute atomic E-state index is 9.49. The Hall–Kier alpha value is -0.200. The summed E-state index contributed by atoms with van der Waals surface area (Å²) in [6.07, 6.45) is -1.36. The summed E-state index contributed by atoms with van der Waals surface area (Å²) in [7, 11) is 1.58. The van der Waals surface area contributed by atoms with Gasteiger partial charge in [0.1, 0.15) is 12.2 Å². The molecule has 0 saturated carbocycles. The highest BCUT2D eigenvalue weighted by atomic mass is 16.5. The van der Waals surface area contributed by atoms with E-state index in [2.05, 4.69) is 0 Å². The predicted octanol–water partition coefficient (Wildman–Crippen LogP) is -0.592. The second-order valence-electron chi connectivity index (χ2n) is 2.81. The van der Waals surface area contributed by atoms with Crippen LogP contribution in [0, 0.1) is 0 Å². The molecule has 0 heterocycles. The number of hydrogen-bond donors (Lipinski definition) is 2. The zero-order valence-corrected chi connectivity index (χ0v) is 8.81. The molecule has 0 aliphatic heterocycles. The van der Waals surface area contributed by atoms with Gasteiger partial charge in [0.05, 0.1) is 26.4 Å². The summed E-state index contributed by atoms with van der Waals surface area (Å²) < 4.78 is 15.0. The van der Waals surface area contributed by atoms with Crippen LogP contribution in [0.2, 0.25) is 0 Å². The molecule has 0 aromatic rings. The molecule has 14 heavy (non-hydrogen) atoms. The van der Waals surface area contributed by atoms with Crippen LogP contribution < -0.4 is 0 Å². The van der Waals surface area contributed by atoms with Crippen LogP contribution in [0.3, 0.4) is 0 Å². The molecule has 0 amide bonds. The zero-order chi connectivity index (χ0) is 10.8. The highest BCUT2D eigenvalue weighted by Crippen LogP contribution is 1.99. The van der Waals surface area contributed by atoms with Gasteiger partial charge in [-0.1, -0.05) is 0 Å². The number of methoxy groups -OCH3 is 1. The molecule has 5 nitrogen and oxygen atoms in total. The first-order chi connectivity index (χ1) is 6.76. The minimum absolute atomic E-state index is 0.147. The van der Waals surface area contributed by atoms with Crippen molar-refractivity contribution in [1.82, 2.24) is 0 Å². The smallest absolute Gasteiger partial charge is 0.109 e. The van der Waals surface area contributed by atoms with E-state index < -0.39 is 12.2 Å². The summed E-state index contributed by atoms with van der Waals surface area (Å²) in [4.78, 5) is 0. The molecule has 5 heteroatoms. The van der Waals surface area contributed by atoms with E-state index >= 15 is 0 Å². The summed E-state index contributed by atoms with van der Waals surface area (Å²) in [5, 5.41) is 18.4. The van der Waals surface area contributed by atoms with Crippen LogP contribution in [0.25, 0.3) is 0 Å². The van der Waals surface area contributed by atoms with Crippen molar-refractivity contribution in [2.75, 3.05) is 40.1 Å². The zero-order valence-electron chi connectivity index (χ0n) is 8.81. The van der Waals surface area contributed by atoms with Crippen molar-refractivity contribution < 1.29 is 24.4 Å². The highest BCUT2D eigenvalue weighted by molar-refractivity contribution is 4.67. The molecule has 0 aromatic carbocycles. The first-order valence-electron chi connectivity index (χ1n) is 4.73. The van der Waals surface area contributed by atoms with E-state index in [0.717, 1.165) is 0 Å². The molecule has 0 aliphatic rings. The lowest BCUT2D eigenvalue weighted by Gasteiger charge is -2.20. The second-order valence-corrected chi connectivity index (χ2v) is 2.81. The van der Waals surface area contributed by atoms with E-state index in [1.54, 1.807) is 14.0 Å². The quantitative estimate of drug-likeness (QED) is 0.496. The summed E-state index contributed by atoms with van der Waals surface area (Å²) in [6, 6.07) is 0. The first-order valence-corrected chi connectivity index (χ1v) is 4.73. The van der Waals surface area contributed by atoms with E-state index in [1.807, 2.05) is 0 Å². The summed E-state index contributed by atoms with van der Waals surface area (Å²) in [5.41, 5.74) is 0. The van der Waals surface area contributed by atoms with Gasteiger partial charge in [-0.05, 0) is 6.92 Å². The molecule has 0 spiro atoms. The topological polar surface area (TPSA) is 68.2 Å². The van der Waals surface area contributed by atoms with Gasteiger partial charge in [-0.2, -0.15) is 0 Å². The molecule has 2 unspecified atom stereocenters. The van der Waals surface area contributed by atoms with Crippen molar-refractivity contribution in [3.8, 4) is 0 Å². The van der Waals surface area contributed by atoms with Crippen molar-refractivity contribution in [2.45, 2.75) is 19.1 Å². The van der Waals surface area contributed by atoms with Crippen LogP contribution in [0.5, 0.6) is 0 Å². The monoisotopic (exact) mass is 208 g/mol. The standard InChI is InChI=1S/C9H20O5/c1-3-14-9(6-10)8(11)7-13-5-4-12-2/h8-11H,3-7H2,1-2H3. The SMILES string of the molecule is CCOC(CO)C(O)COCCOC. The van der Waals surface area contributed by atoms with Gasteiger partial charge < -0.3 is 24.4 Å². The fourth-order valence-electron chi connectivity index (χ4n) is 0.953. The third-order valence-corrected chi connectivity index (χ3v) is 1.71. The lowest BCUT2D eigenvalue weighted by Crippen LogP contribution is -2.36. The summed E-state index contributed by atoms with van der Waals surface area (Å²) in [5.74, 6) is 0. The Morgan fingerprint density at radius 2 is 2.00 bits per heavy atom. The lowest BCUT2D eigenvalue weighted by atomic mass is 10.2. The molecule has 0 aromatic heterocycles. The average molecular weight is 208 g/mol. The molecule has 0 bridgehead atoms. The van der Waals surface area contributed by atoms with Crippen LogP contribution in [0.4, 0.5) is 0 Å². The number of aliphatic hydroxyl groups excluding tert-OH is 2. The van der Waals surface area contributed by atoms with Crippen molar-refractivity contribution in [2.24, 2.45) is 0 Å². The third kappa shape index (κ3) is 6.28. The van der Waals surface area contributed by atoms with Crippen LogP contribution in [-0.2, 0) is 14.2 Å². The van der Waals surface area contributed by atoms with Gasteiger partial charge in [0.2, 0.25) is 0 Å². The largest absolute Gasteiger partial charge is 0.394 e. The molecule has 0 radical (unpaired) electrons. The van der Waals surface area contributed by atoms with Crippen molar-refractivity contribution in [3.63, 3.8) is 0 Å². The minimum atomic E-state index is -0.795. The van der Waals surface area contributed by atoms with Gasteiger partial charge in [-0.25, -0.2) is 0 Å². The van der Waals surface area contributed by atoms with Crippen LogP contribution in [-0.4, -0.2) is 62.6 Å². The van der Waals surface area contributed by atoms with Crippen LogP contribution in [0.15, 0.2) is 0 Å². The van der Waals surface area contributed by atoms with Crippen molar-refractivity contribution in [1.29, 1.82) is 0 Å². The van der Waals surface area contributed by atoms with Gasteiger partial charge in [0.15, 0.2) is 0 Å². The minimum Gasteiger partial charge on any atom is -0.394 e. The molecular formula is C9H20O5. The van der Waals surface area contributed by atoms with Crippen LogP contribution >= 0.6 is 0 Å². The Balaban J connectivity index is 3.52. The normalized spacial score (nSPS) is 15.4. The molecule has 0 aliphatic carbocycles. The summed E-state index contributed by atoms with van der Waals surface area (Å²) >= 11 is 0. The average Bonchev–Trinajstić information content (AvgIpc) is 2.20. The van der Waals surface area contributed by atoms with Gasteiger partial charge >= 0.3 is 0 Å². The Labute approximate surface area is 84.6 Å². The molecule has 86 valence electrons.